The summed E-state index contributed by atoms with van der Waals surface area (Å²) in [6.45, 7) is 4.87. The van der Waals surface area contributed by atoms with Gasteiger partial charge in [-0.15, -0.1) is 0 Å². The summed E-state index contributed by atoms with van der Waals surface area (Å²) < 4.78 is 2.17. The first-order valence-electron chi connectivity index (χ1n) is 7.66. The molecule has 0 amide bonds. The molecule has 4 heteroatoms. The predicted molar refractivity (Wildman–Crippen MR) is 93.7 cm³/mol. The number of hydrogen-bond donors (Lipinski definition) is 0. The molecule has 0 aliphatic heterocycles. The first-order chi connectivity index (χ1) is 11.1. The Hall–Kier alpha value is -2.31. The molecule has 116 valence electrons. The Morgan fingerprint density at radius 2 is 1.83 bits per heavy atom. The molecule has 0 aliphatic rings. The van der Waals surface area contributed by atoms with Crippen molar-refractivity contribution in [2.24, 2.45) is 0 Å². The minimum Gasteiger partial charge on any atom is -0.327 e. The van der Waals surface area contributed by atoms with Crippen LogP contribution in [0, 0.1) is 25.2 Å². The average Bonchev–Trinajstić information content (AvgIpc) is 2.84. The predicted octanol–water partition coefficient (Wildman–Crippen LogP) is 4.81. The second-order valence-corrected chi connectivity index (χ2v) is 6.25. The van der Waals surface area contributed by atoms with Crippen LogP contribution in [-0.2, 0) is 13.0 Å². The van der Waals surface area contributed by atoms with E-state index in [-0.39, 0.29) is 0 Å². The first-order valence-corrected chi connectivity index (χ1v) is 8.04. The summed E-state index contributed by atoms with van der Waals surface area (Å²) in [4.78, 5) is 4.81. The number of benzene rings is 2. The SMILES string of the molecule is Cc1cc2nc(Cc3ccc(Cl)cc3)n(CCC#N)c2cc1C. The van der Waals surface area contributed by atoms with Crippen molar-refractivity contribution in [2.45, 2.75) is 33.2 Å². The fourth-order valence-electron chi connectivity index (χ4n) is 2.76. The number of halogens is 1. The van der Waals surface area contributed by atoms with E-state index in [1.165, 1.54) is 11.1 Å². The van der Waals surface area contributed by atoms with Gasteiger partial charge in [-0.1, -0.05) is 23.7 Å². The van der Waals surface area contributed by atoms with Crippen LogP contribution >= 0.6 is 11.6 Å². The third kappa shape index (κ3) is 3.23. The second-order valence-electron chi connectivity index (χ2n) is 5.82. The molecule has 3 rings (SSSR count). The van der Waals surface area contributed by atoms with Crippen LogP contribution in [0.4, 0.5) is 0 Å². The first kappa shape index (κ1) is 15.6. The summed E-state index contributed by atoms with van der Waals surface area (Å²) in [5, 5.41) is 9.68. The lowest BCUT2D eigenvalue weighted by atomic mass is 10.1. The summed E-state index contributed by atoms with van der Waals surface area (Å²) in [6.07, 6.45) is 1.21. The molecule has 0 spiro atoms. The highest BCUT2D eigenvalue weighted by atomic mass is 35.5. The van der Waals surface area contributed by atoms with Gasteiger partial charge in [0.25, 0.3) is 0 Å². The summed E-state index contributed by atoms with van der Waals surface area (Å²) in [7, 11) is 0. The van der Waals surface area contributed by atoms with E-state index in [1.54, 1.807) is 0 Å². The van der Waals surface area contributed by atoms with Gasteiger partial charge in [0.15, 0.2) is 0 Å². The van der Waals surface area contributed by atoms with E-state index in [0.717, 1.165) is 33.9 Å². The number of imidazole rings is 1. The van der Waals surface area contributed by atoms with Crippen molar-refractivity contribution in [1.82, 2.24) is 9.55 Å². The number of hydrogen-bond acceptors (Lipinski definition) is 2. The monoisotopic (exact) mass is 323 g/mol. The number of fused-ring (bicyclic) bond motifs is 1. The van der Waals surface area contributed by atoms with E-state index in [9.17, 15) is 0 Å². The topological polar surface area (TPSA) is 41.6 Å². The van der Waals surface area contributed by atoms with Crippen molar-refractivity contribution < 1.29 is 0 Å². The summed E-state index contributed by atoms with van der Waals surface area (Å²) in [6, 6.07) is 14.4. The number of nitrogens with zero attached hydrogens (tertiary/aromatic N) is 3. The van der Waals surface area contributed by atoms with Gasteiger partial charge in [-0.05, 0) is 54.8 Å². The highest BCUT2D eigenvalue weighted by Crippen LogP contribution is 2.23. The zero-order chi connectivity index (χ0) is 16.4. The van der Waals surface area contributed by atoms with E-state index in [0.29, 0.717) is 13.0 Å². The Labute approximate surface area is 141 Å². The van der Waals surface area contributed by atoms with E-state index >= 15 is 0 Å². The van der Waals surface area contributed by atoms with E-state index in [4.69, 9.17) is 21.8 Å². The normalized spacial score (nSPS) is 10.9. The average molecular weight is 324 g/mol. The van der Waals surface area contributed by atoms with Gasteiger partial charge in [-0.3, -0.25) is 0 Å². The van der Waals surface area contributed by atoms with Gasteiger partial charge in [0.2, 0.25) is 0 Å². The molecule has 0 fully saturated rings. The molecule has 0 radical (unpaired) electrons. The highest BCUT2D eigenvalue weighted by molar-refractivity contribution is 6.30. The summed E-state index contributed by atoms with van der Waals surface area (Å²) >= 11 is 5.96. The quantitative estimate of drug-likeness (QED) is 0.691. The van der Waals surface area contributed by atoms with Crippen LogP contribution in [0.3, 0.4) is 0 Å². The molecule has 0 aliphatic carbocycles. The van der Waals surface area contributed by atoms with Gasteiger partial charge in [-0.2, -0.15) is 5.26 Å². The van der Waals surface area contributed by atoms with Crippen LogP contribution in [0.1, 0.15) is 28.9 Å². The molecule has 0 atom stereocenters. The smallest absolute Gasteiger partial charge is 0.114 e. The maximum absolute atomic E-state index is 8.95. The third-order valence-corrected chi connectivity index (χ3v) is 4.42. The van der Waals surface area contributed by atoms with E-state index in [2.05, 4.69) is 36.6 Å². The Kier molecular flexibility index (Phi) is 4.36. The molecule has 2 aromatic carbocycles. The number of rotatable bonds is 4. The van der Waals surface area contributed by atoms with Gasteiger partial charge in [0.1, 0.15) is 5.82 Å². The Bertz CT molecular complexity index is 886. The molecule has 0 bridgehead atoms. The summed E-state index contributed by atoms with van der Waals surface area (Å²) in [5.41, 5.74) is 5.74. The lowest BCUT2D eigenvalue weighted by Crippen LogP contribution is -2.04. The molecule has 0 saturated heterocycles. The van der Waals surface area contributed by atoms with Crippen molar-refractivity contribution in [1.29, 1.82) is 5.26 Å². The molecule has 1 heterocycles. The van der Waals surface area contributed by atoms with Crippen LogP contribution in [0.5, 0.6) is 0 Å². The van der Waals surface area contributed by atoms with Gasteiger partial charge >= 0.3 is 0 Å². The molecular weight excluding hydrogens is 306 g/mol. The third-order valence-electron chi connectivity index (χ3n) is 4.17. The van der Waals surface area contributed by atoms with Gasteiger partial charge < -0.3 is 4.57 Å². The number of aromatic nitrogens is 2. The fourth-order valence-corrected chi connectivity index (χ4v) is 2.89. The second kappa shape index (κ2) is 6.44. The highest BCUT2D eigenvalue weighted by Gasteiger charge is 2.12. The molecule has 3 nitrogen and oxygen atoms in total. The standard InChI is InChI=1S/C19H18ClN3/c1-13-10-17-18(11-14(13)2)23(9-3-8-21)19(22-17)12-15-4-6-16(20)7-5-15/h4-7,10-11H,3,9,12H2,1-2H3. The molecular formula is C19H18ClN3. The fraction of sp³-hybridized carbons (Fsp3) is 0.263. The zero-order valence-electron chi connectivity index (χ0n) is 13.3. The molecule has 0 saturated carbocycles. The van der Waals surface area contributed by atoms with Crippen molar-refractivity contribution in [3.63, 3.8) is 0 Å². The number of nitriles is 1. The van der Waals surface area contributed by atoms with Crippen LogP contribution in [0.25, 0.3) is 11.0 Å². The van der Waals surface area contributed by atoms with Crippen LogP contribution in [0.15, 0.2) is 36.4 Å². The zero-order valence-corrected chi connectivity index (χ0v) is 14.1. The van der Waals surface area contributed by atoms with Crippen molar-refractivity contribution in [3.8, 4) is 6.07 Å². The summed E-state index contributed by atoms with van der Waals surface area (Å²) in [5.74, 6) is 0.988. The van der Waals surface area contributed by atoms with Crippen molar-refractivity contribution >= 4 is 22.6 Å². The maximum Gasteiger partial charge on any atom is 0.114 e. The molecule has 0 unspecified atom stereocenters. The van der Waals surface area contributed by atoms with Crippen LogP contribution in [-0.4, -0.2) is 9.55 Å². The Balaban J connectivity index is 2.07. The van der Waals surface area contributed by atoms with Crippen LogP contribution < -0.4 is 0 Å². The minimum absolute atomic E-state index is 0.478. The van der Waals surface area contributed by atoms with E-state index < -0.39 is 0 Å². The van der Waals surface area contributed by atoms with Crippen molar-refractivity contribution in [3.05, 3.63) is 63.9 Å². The van der Waals surface area contributed by atoms with Crippen molar-refractivity contribution in [2.75, 3.05) is 0 Å². The largest absolute Gasteiger partial charge is 0.327 e. The molecule has 1 aromatic heterocycles. The van der Waals surface area contributed by atoms with Gasteiger partial charge in [0, 0.05) is 18.0 Å². The van der Waals surface area contributed by atoms with Crippen LogP contribution in [0.2, 0.25) is 5.02 Å². The lowest BCUT2D eigenvalue weighted by molar-refractivity contribution is 0.695. The van der Waals surface area contributed by atoms with Gasteiger partial charge in [0.05, 0.1) is 23.5 Å². The molecule has 3 aromatic rings. The Morgan fingerprint density at radius 3 is 2.52 bits per heavy atom. The molecule has 0 N–H and O–H groups in total. The van der Waals surface area contributed by atoms with E-state index in [1.807, 2.05) is 24.3 Å². The minimum atomic E-state index is 0.478. The molecule has 23 heavy (non-hydrogen) atoms. The lowest BCUT2D eigenvalue weighted by Gasteiger charge is -2.08. The Morgan fingerprint density at radius 1 is 1.13 bits per heavy atom. The number of aryl methyl sites for hydroxylation is 3. The maximum atomic E-state index is 8.95. The van der Waals surface area contributed by atoms with Gasteiger partial charge in [-0.25, -0.2) is 4.98 Å².